The lowest BCUT2D eigenvalue weighted by Gasteiger charge is -2.21. The fourth-order valence-corrected chi connectivity index (χ4v) is 4.52. The van der Waals surface area contributed by atoms with Crippen LogP contribution in [0.1, 0.15) is 11.1 Å². The lowest BCUT2D eigenvalue weighted by Crippen LogP contribution is -2.30. The van der Waals surface area contributed by atoms with E-state index < -0.39 is 28.5 Å². The smallest absolute Gasteiger partial charge is 0.326 e. The summed E-state index contributed by atoms with van der Waals surface area (Å²) in [5.74, 6) is -1.56. The van der Waals surface area contributed by atoms with E-state index in [1.807, 2.05) is 35.1 Å². The van der Waals surface area contributed by atoms with Crippen LogP contribution in [0.15, 0.2) is 60.7 Å². The number of aliphatic hydroxyl groups is 1. The maximum Gasteiger partial charge on any atom is 0.326 e. The van der Waals surface area contributed by atoms with Crippen molar-refractivity contribution < 1.29 is 27.4 Å². The molecule has 1 saturated heterocycles. The number of benzene rings is 3. The highest BCUT2D eigenvalue weighted by Gasteiger charge is 2.38. The number of hydrogen-bond acceptors (Lipinski definition) is 5. The average molecular weight is 442 g/mol. The van der Waals surface area contributed by atoms with Gasteiger partial charge in [0.2, 0.25) is 0 Å². The molecular weight excluding hydrogens is 423 g/mol. The predicted molar refractivity (Wildman–Crippen MR) is 115 cm³/mol. The topological polar surface area (TPSA) is 95.9 Å². The van der Waals surface area contributed by atoms with Gasteiger partial charge in [0, 0.05) is 5.39 Å². The SMILES string of the molecule is O=C1CN(c2c(OCc3ccccc3)cc3cc(/C=C/CO)ccc3c2F)S(=O)(=O)N1. The van der Waals surface area contributed by atoms with E-state index in [9.17, 15) is 13.2 Å². The number of hydrogen-bond donors (Lipinski definition) is 2. The number of anilines is 1. The van der Waals surface area contributed by atoms with Gasteiger partial charge in [0.15, 0.2) is 5.82 Å². The van der Waals surface area contributed by atoms with Gasteiger partial charge in [-0.05, 0) is 28.6 Å². The van der Waals surface area contributed by atoms with E-state index in [-0.39, 0.29) is 30.0 Å². The highest BCUT2D eigenvalue weighted by Crippen LogP contribution is 2.40. The molecule has 1 aliphatic rings. The number of ether oxygens (including phenoxy) is 1. The Bertz CT molecular complexity index is 1280. The first-order valence-electron chi connectivity index (χ1n) is 9.43. The fraction of sp³-hybridized carbons (Fsp3) is 0.136. The van der Waals surface area contributed by atoms with Crippen molar-refractivity contribution in [1.82, 2.24) is 4.72 Å². The molecule has 9 heteroatoms. The van der Waals surface area contributed by atoms with Crippen LogP contribution in [0.2, 0.25) is 0 Å². The number of carbonyl (C=O) groups is 1. The second-order valence-electron chi connectivity index (χ2n) is 6.91. The average Bonchev–Trinajstić information content (AvgIpc) is 3.02. The van der Waals surface area contributed by atoms with E-state index in [1.165, 1.54) is 6.07 Å². The predicted octanol–water partition coefficient (Wildman–Crippen LogP) is 2.74. The zero-order chi connectivity index (χ0) is 22.0. The second-order valence-corrected chi connectivity index (χ2v) is 8.51. The van der Waals surface area contributed by atoms with Crippen LogP contribution in [0.5, 0.6) is 5.75 Å². The number of amides is 1. The molecule has 4 rings (SSSR count). The number of fused-ring (bicyclic) bond motifs is 1. The molecule has 31 heavy (non-hydrogen) atoms. The Morgan fingerprint density at radius 2 is 1.94 bits per heavy atom. The molecule has 1 aliphatic heterocycles. The molecule has 0 unspecified atom stereocenters. The largest absolute Gasteiger partial charge is 0.487 e. The molecule has 160 valence electrons. The summed E-state index contributed by atoms with van der Waals surface area (Å²) in [6.45, 7) is -0.591. The molecule has 1 fully saturated rings. The van der Waals surface area contributed by atoms with Crippen LogP contribution < -0.4 is 13.8 Å². The standard InChI is InChI=1S/C22H19FN2O5S/c23-21-18-9-8-15(7-4-10-26)11-17(18)12-19(30-14-16-5-2-1-3-6-16)22(21)25-13-20(27)24-31(25,28)29/h1-9,11-12,26H,10,13-14H2,(H,24,27)/b7-4+. The Kier molecular flexibility index (Phi) is 5.62. The summed E-state index contributed by atoms with van der Waals surface area (Å²) in [5, 5.41) is 9.64. The van der Waals surface area contributed by atoms with Gasteiger partial charge in [-0.25, -0.2) is 13.4 Å². The molecule has 1 amide bonds. The molecule has 0 radical (unpaired) electrons. The third-order valence-corrected chi connectivity index (χ3v) is 6.14. The molecule has 1 heterocycles. The molecule has 3 aromatic carbocycles. The summed E-state index contributed by atoms with van der Waals surface area (Å²) in [6, 6.07) is 15.6. The third-order valence-electron chi connectivity index (χ3n) is 4.76. The van der Waals surface area contributed by atoms with E-state index in [1.54, 1.807) is 30.4 Å². The number of rotatable bonds is 6. The fourth-order valence-electron chi connectivity index (χ4n) is 3.36. The lowest BCUT2D eigenvalue weighted by atomic mass is 10.0. The third kappa shape index (κ3) is 4.23. The van der Waals surface area contributed by atoms with E-state index in [0.29, 0.717) is 9.69 Å². The number of halogens is 1. The van der Waals surface area contributed by atoms with Crippen molar-refractivity contribution in [2.75, 3.05) is 17.5 Å². The van der Waals surface area contributed by atoms with Crippen molar-refractivity contribution in [3.05, 3.63) is 77.6 Å². The normalized spacial score (nSPS) is 15.5. The minimum absolute atomic E-state index is 0.00258. The second kappa shape index (κ2) is 8.37. The Balaban J connectivity index is 1.85. The summed E-state index contributed by atoms with van der Waals surface area (Å²) in [5.41, 5.74) is 1.22. The van der Waals surface area contributed by atoms with Crippen LogP contribution in [0.3, 0.4) is 0 Å². The van der Waals surface area contributed by atoms with Gasteiger partial charge >= 0.3 is 10.2 Å². The molecule has 0 spiro atoms. The first-order chi connectivity index (χ1) is 14.9. The number of nitrogens with one attached hydrogen (secondary N) is 1. The van der Waals surface area contributed by atoms with Crippen LogP contribution in [0.4, 0.5) is 10.1 Å². The Morgan fingerprint density at radius 1 is 1.16 bits per heavy atom. The number of aliphatic hydroxyl groups excluding tert-OH is 1. The van der Waals surface area contributed by atoms with Crippen LogP contribution in [-0.4, -0.2) is 32.6 Å². The Morgan fingerprint density at radius 3 is 2.61 bits per heavy atom. The maximum atomic E-state index is 15.6. The van der Waals surface area contributed by atoms with Crippen molar-refractivity contribution in [3.8, 4) is 5.75 Å². The van der Waals surface area contributed by atoms with Gasteiger partial charge < -0.3 is 9.84 Å². The summed E-state index contributed by atoms with van der Waals surface area (Å²) in [4.78, 5) is 11.7. The number of carbonyl (C=O) groups excluding carboxylic acids is 1. The molecule has 0 saturated carbocycles. The molecule has 0 bridgehead atoms. The molecule has 0 aromatic heterocycles. The molecule has 2 N–H and O–H groups in total. The zero-order valence-electron chi connectivity index (χ0n) is 16.3. The van der Waals surface area contributed by atoms with Crippen molar-refractivity contribution in [2.24, 2.45) is 0 Å². The maximum absolute atomic E-state index is 15.6. The molecule has 0 atom stereocenters. The summed E-state index contributed by atoms with van der Waals surface area (Å²) < 4.78 is 48.7. The van der Waals surface area contributed by atoms with Gasteiger partial charge in [0.1, 0.15) is 24.6 Å². The quantitative estimate of drug-likeness (QED) is 0.612. The van der Waals surface area contributed by atoms with Crippen molar-refractivity contribution in [3.63, 3.8) is 0 Å². The Hall–Kier alpha value is -3.43. The molecular formula is C22H19FN2O5S. The van der Waals surface area contributed by atoms with Crippen LogP contribution in [-0.2, 0) is 21.6 Å². The first-order valence-corrected chi connectivity index (χ1v) is 10.9. The molecule has 7 nitrogen and oxygen atoms in total. The van der Waals surface area contributed by atoms with Gasteiger partial charge in [-0.3, -0.25) is 4.79 Å². The summed E-state index contributed by atoms with van der Waals surface area (Å²) >= 11 is 0. The molecule has 0 aliphatic carbocycles. The Labute approximate surface area is 178 Å². The van der Waals surface area contributed by atoms with Gasteiger partial charge in [0.25, 0.3) is 5.91 Å². The van der Waals surface area contributed by atoms with Crippen molar-refractivity contribution in [1.29, 1.82) is 0 Å². The van der Waals surface area contributed by atoms with Gasteiger partial charge in [0.05, 0.1) is 6.61 Å². The molecule has 3 aromatic rings. The van der Waals surface area contributed by atoms with Crippen molar-refractivity contribution >= 4 is 38.7 Å². The van der Waals surface area contributed by atoms with Crippen LogP contribution in [0, 0.1) is 5.82 Å². The number of nitrogens with zero attached hydrogens (tertiary/aromatic N) is 1. The monoisotopic (exact) mass is 442 g/mol. The summed E-state index contributed by atoms with van der Waals surface area (Å²) in [6.07, 6.45) is 3.23. The highest BCUT2D eigenvalue weighted by atomic mass is 32.2. The zero-order valence-corrected chi connectivity index (χ0v) is 17.1. The highest BCUT2D eigenvalue weighted by molar-refractivity contribution is 7.92. The minimum atomic E-state index is -4.23. The van der Waals surface area contributed by atoms with Crippen LogP contribution >= 0.6 is 0 Å². The van der Waals surface area contributed by atoms with Gasteiger partial charge in [-0.2, -0.15) is 8.42 Å². The van der Waals surface area contributed by atoms with E-state index in [0.717, 1.165) is 11.1 Å². The lowest BCUT2D eigenvalue weighted by molar-refractivity contribution is -0.117. The van der Waals surface area contributed by atoms with E-state index in [4.69, 9.17) is 9.84 Å². The van der Waals surface area contributed by atoms with Crippen LogP contribution in [0.25, 0.3) is 16.8 Å². The van der Waals surface area contributed by atoms with Crippen molar-refractivity contribution in [2.45, 2.75) is 6.61 Å². The van der Waals surface area contributed by atoms with E-state index in [2.05, 4.69) is 0 Å². The van der Waals surface area contributed by atoms with E-state index >= 15 is 4.39 Å². The minimum Gasteiger partial charge on any atom is -0.487 e. The van der Waals surface area contributed by atoms with Gasteiger partial charge in [-0.1, -0.05) is 54.6 Å². The first kappa shape index (κ1) is 20.8. The van der Waals surface area contributed by atoms with Gasteiger partial charge in [-0.15, -0.1) is 0 Å². The summed E-state index contributed by atoms with van der Waals surface area (Å²) in [7, 11) is -4.23.